The highest BCUT2D eigenvalue weighted by Crippen LogP contribution is 2.12. The smallest absolute Gasteiger partial charge is 0.0835 e. The minimum absolute atomic E-state index is 0.382. The van der Waals surface area contributed by atoms with Crippen molar-refractivity contribution in [3.05, 3.63) is 0 Å². The molecule has 10 heavy (non-hydrogen) atoms. The Morgan fingerprint density at radius 1 is 1.30 bits per heavy atom. The van der Waals surface area contributed by atoms with Crippen LogP contribution in [0.25, 0.3) is 0 Å². The molecule has 0 aromatic carbocycles. The second kappa shape index (κ2) is 2.86. The Morgan fingerprint density at radius 3 is 2.70 bits per heavy atom. The van der Waals surface area contributed by atoms with Gasteiger partial charge >= 0.3 is 0 Å². The Labute approximate surface area is 60.7 Å². The van der Waals surface area contributed by atoms with Crippen molar-refractivity contribution >= 4 is 0 Å². The topological polar surface area (TPSA) is 30.5 Å². The second-order valence-corrected chi connectivity index (χ2v) is 2.90. The zero-order chi connectivity index (χ0) is 6.81. The Balaban J connectivity index is 1.68. The van der Waals surface area contributed by atoms with E-state index in [2.05, 4.69) is 5.32 Å². The standard InChI is InChI=1S/C7H13NO2/c1-2-9-5-6(1)10-7-3-8-4-7/h6-8H,1-5H2. The first-order chi connectivity index (χ1) is 4.95. The number of ether oxygens (including phenoxy) is 2. The molecule has 0 bridgehead atoms. The summed E-state index contributed by atoms with van der Waals surface area (Å²) in [6, 6.07) is 0. The van der Waals surface area contributed by atoms with Crippen LogP contribution in [0.1, 0.15) is 6.42 Å². The molecular formula is C7H13NO2. The number of hydrogen-bond donors (Lipinski definition) is 1. The second-order valence-electron chi connectivity index (χ2n) is 2.90. The number of rotatable bonds is 2. The monoisotopic (exact) mass is 143 g/mol. The summed E-state index contributed by atoms with van der Waals surface area (Å²) in [4.78, 5) is 0. The maximum Gasteiger partial charge on any atom is 0.0835 e. The Bertz CT molecular complexity index is 108. The lowest BCUT2D eigenvalue weighted by molar-refractivity contribution is -0.0391. The molecule has 58 valence electrons. The van der Waals surface area contributed by atoms with Gasteiger partial charge in [0.25, 0.3) is 0 Å². The number of hydrogen-bond acceptors (Lipinski definition) is 3. The third-order valence-electron chi connectivity index (χ3n) is 2.02. The average molecular weight is 143 g/mol. The van der Waals surface area contributed by atoms with E-state index in [0.29, 0.717) is 12.2 Å². The van der Waals surface area contributed by atoms with Gasteiger partial charge in [0.2, 0.25) is 0 Å². The zero-order valence-electron chi connectivity index (χ0n) is 6.01. The van der Waals surface area contributed by atoms with Crippen molar-refractivity contribution in [1.82, 2.24) is 5.32 Å². The lowest BCUT2D eigenvalue weighted by Crippen LogP contribution is -2.50. The molecule has 3 nitrogen and oxygen atoms in total. The summed E-state index contributed by atoms with van der Waals surface area (Å²) < 4.78 is 10.8. The van der Waals surface area contributed by atoms with Crippen molar-refractivity contribution in [3.63, 3.8) is 0 Å². The maximum absolute atomic E-state index is 5.66. The van der Waals surface area contributed by atoms with E-state index in [-0.39, 0.29) is 0 Å². The highest BCUT2D eigenvalue weighted by Gasteiger charge is 2.24. The predicted octanol–water partition coefficient (Wildman–Crippen LogP) is -0.236. The maximum atomic E-state index is 5.66. The van der Waals surface area contributed by atoms with Crippen LogP contribution in [0.3, 0.4) is 0 Å². The summed E-state index contributed by atoms with van der Waals surface area (Å²) in [7, 11) is 0. The molecule has 1 atom stereocenters. The highest BCUT2D eigenvalue weighted by atomic mass is 16.6. The van der Waals surface area contributed by atoms with Gasteiger partial charge in [-0.2, -0.15) is 0 Å². The molecule has 2 saturated heterocycles. The molecule has 0 aliphatic carbocycles. The van der Waals surface area contributed by atoms with Gasteiger partial charge in [-0.1, -0.05) is 0 Å². The minimum Gasteiger partial charge on any atom is -0.379 e. The minimum atomic E-state index is 0.382. The molecule has 3 heteroatoms. The lowest BCUT2D eigenvalue weighted by Gasteiger charge is -2.29. The van der Waals surface area contributed by atoms with Crippen LogP contribution in [0, 0.1) is 0 Å². The van der Waals surface area contributed by atoms with E-state index in [1.54, 1.807) is 0 Å². The Hall–Kier alpha value is -0.120. The van der Waals surface area contributed by atoms with E-state index in [1.807, 2.05) is 0 Å². The largest absolute Gasteiger partial charge is 0.379 e. The molecular weight excluding hydrogens is 130 g/mol. The van der Waals surface area contributed by atoms with Crippen LogP contribution >= 0.6 is 0 Å². The van der Waals surface area contributed by atoms with Crippen LogP contribution < -0.4 is 5.32 Å². The fraction of sp³-hybridized carbons (Fsp3) is 1.00. The van der Waals surface area contributed by atoms with Crippen LogP contribution in [0.4, 0.5) is 0 Å². The fourth-order valence-corrected chi connectivity index (χ4v) is 1.25. The first-order valence-electron chi connectivity index (χ1n) is 3.89. The normalized spacial score (nSPS) is 34.2. The molecule has 0 amide bonds. The third kappa shape index (κ3) is 1.31. The van der Waals surface area contributed by atoms with E-state index in [0.717, 1.165) is 32.7 Å². The van der Waals surface area contributed by atoms with Crippen LogP contribution in [0.15, 0.2) is 0 Å². The fourth-order valence-electron chi connectivity index (χ4n) is 1.25. The first kappa shape index (κ1) is 6.58. The van der Waals surface area contributed by atoms with Crippen LogP contribution in [-0.2, 0) is 9.47 Å². The van der Waals surface area contributed by atoms with E-state index < -0.39 is 0 Å². The van der Waals surface area contributed by atoms with Gasteiger partial charge in [0.1, 0.15) is 0 Å². The van der Waals surface area contributed by atoms with Crippen molar-refractivity contribution in [2.45, 2.75) is 18.6 Å². The summed E-state index contributed by atoms with van der Waals surface area (Å²) in [6.07, 6.45) is 1.93. The van der Waals surface area contributed by atoms with Crippen molar-refractivity contribution in [2.24, 2.45) is 0 Å². The first-order valence-corrected chi connectivity index (χ1v) is 3.89. The van der Waals surface area contributed by atoms with Gasteiger partial charge in [-0.15, -0.1) is 0 Å². The van der Waals surface area contributed by atoms with Crippen molar-refractivity contribution in [1.29, 1.82) is 0 Å². The summed E-state index contributed by atoms with van der Waals surface area (Å²) in [5.74, 6) is 0. The Morgan fingerprint density at radius 2 is 2.20 bits per heavy atom. The lowest BCUT2D eigenvalue weighted by atomic mass is 10.2. The highest BCUT2D eigenvalue weighted by molar-refractivity contribution is 4.77. The summed E-state index contributed by atoms with van der Waals surface area (Å²) in [5.41, 5.74) is 0. The third-order valence-corrected chi connectivity index (χ3v) is 2.02. The molecule has 2 aliphatic rings. The van der Waals surface area contributed by atoms with E-state index >= 15 is 0 Å². The van der Waals surface area contributed by atoms with Crippen LogP contribution in [-0.4, -0.2) is 38.5 Å². The molecule has 0 spiro atoms. The molecule has 2 aliphatic heterocycles. The summed E-state index contributed by atoms with van der Waals surface area (Å²) in [6.45, 7) is 3.73. The van der Waals surface area contributed by atoms with Gasteiger partial charge in [0, 0.05) is 19.7 Å². The Kier molecular flexibility index (Phi) is 1.88. The summed E-state index contributed by atoms with van der Waals surface area (Å²) >= 11 is 0. The number of nitrogens with one attached hydrogen (secondary N) is 1. The molecule has 2 heterocycles. The van der Waals surface area contributed by atoms with Crippen molar-refractivity contribution in [2.75, 3.05) is 26.3 Å². The van der Waals surface area contributed by atoms with Gasteiger partial charge in [0.15, 0.2) is 0 Å². The molecule has 0 aromatic rings. The van der Waals surface area contributed by atoms with Gasteiger partial charge in [-0.05, 0) is 6.42 Å². The molecule has 2 rings (SSSR count). The predicted molar refractivity (Wildman–Crippen MR) is 37.0 cm³/mol. The zero-order valence-corrected chi connectivity index (χ0v) is 6.01. The molecule has 1 unspecified atom stereocenters. The van der Waals surface area contributed by atoms with Gasteiger partial charge in [-0.3, -0.25) is 0 Å². The molecule has 0 radical (unpaired) electrons. The van der Waals surface area contributed by atoms with E-state index in [9.17, 15) is 0 Å². The van der Waals surface area contributed by atoms with Crippen LogP contribution in [0.2, 0.25) is 0 Å². The van der Waals surface area contributed by atoms with Crippen molar-refractivity contribution < 1.29 is 9.47 Å². The molecule has 2 fully saturated rings. The van der Waals surface area contributed by atoms with E-state index in [4.69, 9.17) is 9.47 Å². The molecule has 1 N–H and O–H groups in total. The van der Waals surface area contributed by atoms with Gasteiger partial charge in [-0.25, -0.2) is 0 Å². The summed E-state index contributed by atoms with van der Waals surface area (Å²) in [5, 5.41) is 3.17. The quantitative estimate of drug-likeness (QED) is 0.579. The van der Waals surface area contributed by atoms with Gasteiger partial charge < -0.3 is 14.8 Å². The van der Waals surface area contributed by atoms with Gasteiger partial charge in [0.05, 0.1) is 18.8 Å². The SMILES string of the molecule is C1CC(OC2CNC2)CO1. The molecule has 0 aromatic heterocycles. The average Bonchev–Trinajstić information content (AvgIpc) is 2.29. The molecule has 0 saturated carbocycles. The van der Waals surface area contributed by atoms with E-state index in [1.165, 1.54) is 0 Å². The van der Waals surface area contributed by atoms with Crippen LogP contribution in [0.5, 0.6) is 0 Å². The van der Waals surface area contributed by atoms with Crippen molar-refractivity contribution in [3.8, 4) is 0 Å².